The van der Waals surface area contributed by atoms with Crippen molar-refractivity contribution in [2.75, 3.05) is 11.9 Å². The van der Waals surface area contributed by atoms with Gasteiger partial charge in [0.1, 0.15) is 6.54 Å². The SMILES string of the molecule is Cc1ccncc1NC(=O)N(CC(=O)O)C1CC1. The predicted octanol–water partition coefficient (Wildman–Crippen LogP) is 1.47. The number of urea groups is 1. The van der Waals surface area contributed by atoms with Crippen LogP contribution in [0.4, 0.5) is 10.5 Å². The number of anilines is 1. The standard InChI is InChI=1S/C12H15N3O3/c1-8-4-5-13-6-10(8)14-12(18)15(7-11(16)17)9-2-3-9/h4-6,9H,2-3,7H2,1H3,(H,14,18)(H,16,17). The molecule has 2 rings (SSSR count). The van der Waals surface area contributed by atoms with E-state index in [0.29, 0.717) is 5.69 Å². The predicted molar refractivity (Wildman–Crippen MR) is 65.4 cm³/mol. The first-order chi connectivity index (χ1) is 8.58. The molecule has 2 amide bonds. The van der Waals surface area contributed by atoms with Gasteiger partial charge in [-0.2, -0.15) is 0 Å². The zero-order chi connectivity index (χ0) is 13.1. The molecule has 0 bridgehead atoms. The van der Waals surface area contributed by atoms with Crippen molar-refractivity contribution in [1.82, 2.24) is 9.88 Å². The van der Waals surface area contributed by atoms with Crippen molar-refractivity contribution in [2.24, 2.45) is 0 Å². The summed E-state index contributed by atoms with van der Waals surface area (Å²) in [6.45, 7) is 1.59. The number of carboxylic acids is 1. The quantitative estimate of drug-likeness (QED) is 0.846. The highest BCUT2D eigenvalue weighted by molar-refractivity contribution is 5.92. The molecule has 0 radical (unpaired) electrons. The van der Waals surface area contributed by atoms with E-state index in [1.807, 2.05) is 6.92 Å². The monoisotopic (exact) mass is 249 g/mol. The van der Waals surface area contributed by atoms with E-state index in [0.717, 1.165) is 18.4 Å². The number of nitrogens with one attached hydrogen (secondary N) is 1. The van der Waals surface area contributed by atoms with Gasteiger partial charge in [0.15, 0.2) is 0 Å². The molecule has 6 heteroatoms. The summed E-state index contributed by atoms with van der Waals surface area (Å²) < 4.78 is 0. The molecule has 2 N–H and O–H groups in total. The number of amides is 2. The van der Waals surface area contributed by atoms with Gasteiger partial charge in [-0.1, -0.05) is 0 Å². The lowest BCUT2D eigenvalue weighted by molar-refractivity contribution is -0.137. The normalized spacial score (nSPS) is 14.1. The van der Waals surface area contributed by atoms with Crippen LogP contribution in [-0.2, 0) is 4.79 Å². The lowest BCUT2D eigenvalue weighted by Gasteiger charge is -2.21. The Bertz CT molecular complexity index is 471. The first-order valence-corrected chi connectivity index (χ1v) is 5.78. The molecule has 0 aliphatic heterocycles. The minimum Gasteiger partial charge on any atom is -0.480 e. The molecule has 18 heavy (non-hydrogen) atoms. The highest BCUT2D eigenvalue weighted by atomic mass is 16.4. The first-order valence-electron chi connectivity index (χ1n) is 5.78. The van der Waals surface area contributed by atoms with Gasteiger partial charge in [0.2, 0.25) is 0 Å². The van der Waals surface area contributed by atoms with Gasteiger partial charge >= 0.3 is 12.0 Å². The number of pyridine rings is 1. The molecule has 1 aliphatic rings. The van der Waals surface area contributed by atoms with Gasteiger partial charge in [-0.25, -0.2) is 4.79 Å². The number of nitrogens with zero attached hydrogens (tertiary/aromatic N) is 2. The van der Waals surface area contributed by atoms with Crippen LogP contribution in [0, 0.1) is 6.92 Å². The lowest BCUT2D eigenvalue weighted by atomic mass is 10.2. The van der Waals surface area contributed by atoms with Gasteiger partial charge < -0.3 is 15.3 Å². The molecular weight excluding hydrogens is 234 g/mol. The number of aliphatic carboxylic acids is 1. The number of carbonyl (C=O) groups is 2. The second-order valence-corrected chi connectivity index (χ2v) is 4.37. The molecule has 96 valence electrons. The summed E-state index contributed by atoms with van der Waals surface area (Å²) >= 11 is 0. The van der Waals surface area contributed by atoms with E-state index in [9.17, 15) is 9.59 Å². The summed E-state index contributed by atoms with van der Waals surface area (Å²) in [6, 6.07) is 1.46. The number of aromatic nitrogens is 1. The Kier molecular flexibility index (Phi) is 3.45. The van der Waals surface area contributed by atoms with E-state index >= 15 is 0 Å². The molecule has 0 spiro atoms. The van der Waals surface area contributed by atoms with Crippen LogP contribution >= 0.6 is 0 Å². The van der Waals surface area contributed by atoms with E-state index in [1.54, 1.807) is 18.5 Å². The Balaban J connectivity index is 2.05. The van der Waals surface area contributed by atoms with Crippen molar-refractivity contribution >= 4 is 17.7 Å². The smallest absolute Gasteiger partial charge is 0.323 e. The molecule has 0 aromatic carbocycles. The van der Waals surface area contributed by atoms with E-state index in [2.05, 4.69) is 10.3 Å². The van der Waals surface area contributed by atoms with Crippen molar-refractivity contribution in [3.8, 4) is 0 Å². The number of carbonyl (C=O) groups excluding carboxylic acids is 1. The molecule has 0 unspecified atom stereocenters. The van der Waals surface area contributed by atoms with Crippen LogP contribution in [-0.4, -0.2) is 39.6 Å². The molecule has 1 aromatic heterocycles. The summed E-state index contributed by atoms with van der Waals surface area (Å²) in [7, 11) is 0. The van der Waals surface area contributed by atoms with Crippen LogP contribution in [0.1, 0.15) is 18.4 Å². The van der Waals surface area contributed by atoms with Gasteiger partial charge in [0.25, 0.3) is 0 Å². The summed E-state index contributed by atoms with van der Waals surface area (Å²) in [5.41, 5.74) is 1.50. The summed E-state index contributed by atoms with van der Waals surface area (Å²) in [5.74, 6) is -1.00. The summed E-state index contributed by atoms with van der Waals surface area (Å²) in [6.07, 6.45) is 4.93. The maximum Gasteiger partial charge on any atom is 0.323 e. The van der Waals surface area contributed by atoms with Crippen LogP contribution in [0.2, 0.25) is 0 Å². The molecule has 0 atom stereocenters. The van der Waals surface area contributed by atoms with Crippen LogP contribution in [0.15, 0.2) is 18.5 Å². The molecule has 1 aliphatic carbocycles. The number of carboxylic acid groups (broad SMARTS) is 1. The van der Waals surface area contributed by atoms with Crippen molar-refractivity contribution in [2.45, 2.75) is 25.8 Å². The molecular formula is C12H15N3O3. The first kappa shape index (κ1) is 12.3. The molecule has 1 saturated carbocycles. The zero-order valence-corrected chi connectivity index (χ0v) is 10.1. The summed E-state index contributed by atoms with van der Waals surface area (Å²) in [5, 5.41) is 11.5. The average Bonchev–Trinajstić information content (AvgIpc) is 3.12. The Labute approximate surface area is 105 Å². The van der Waals surface area contributed by atoms with Crippen LogP contribution < -0.4 is 5.32 Å². The van der Waals surface area contributed by atoms with Gasteiger partial charge in [-0.05, 0) is 31.4 Å². The zero-order valence-electron chi connectivity index (χ0n) is 10.1. The topological polar surface area (TPSA) is 82.5 Å². The molecule has 6 nitrogen and oxygen atoms in total. The molecule has 0 saturated heterocycles. The minimum absolute atomic E-state index is 0.0538. The fourth-order valence-electron chi connectivity index (χ4n) is 1.68. The van der Waals surface area contributed by atoms with E-state index in [4.69, 9.17) is 5.11 Å². The fraction of sp³-hybridized carbons (Fsp3) is 0.417. The minimum atomic E-state index is -1.00. The maximum atomic E-state index is 12.0. The molecule has 1 heterocycles. The number of hydrogen-bond acceptors (Lipinski definition) is 3. The van der Waals surface area contributed by atoms with Gasteiger partial charge in [0, 0.05) is 12.2 Å². The Hall–Kier alpha value is -2.11. The average molecular weight is 249 g/mol. The van der Waals surface area contributed by atoms with Crippen LogP contribution in [0.5, 0.6) is 0 Å². The van der Waals surface area contributed by atoms with Crippen LogP contribution in [0.3, 0.4) is 0 Å². The number of aryl methyl sites for hydroxylation is 1. The second kappa shape index (κ2) is 5.03. The van der Waals surface area contributed by atoms with Crippen molar-refractivity contribution < 1.29 is 14.7 Å². The van der Waals surface area contributed by atoms with Crippen molar-refractivity contribution in [3.63, 3.8) is 0 Å². The fourth-order valence-corrected chi connectivity index (χ4v) is 1.68. The Morgan fingerprint density at radius 3 is 2.83 bits per heavy atom. The van der Waals surface area contributed by atoms with Crippen molar-refractivity contribution in [1.29, 1.82) is 0 Å². The Morgan fingerprint density at radius 2 is 2.28 bits per heavy atom. The lowest BCUT2D eigenvalue weighted by Crippen LogP contribution is -2.40. The highest BCUT2D eigenvalue weighted by Crippen LogP contribution is 2.27. The van der Waals surface area contributed by atoms with Crippen molar-refractivity contribution in [3.05, 3.63) is 24.0 Å². The van der Waals surface area contributed by atoms with E-state index < -0.39 is 5.97 Å². The van der Waals surface area contributed by atoms with Crippen LogP contribution in [0.25, 0.3) is 0 Å². The summed E-state index contributed by atoms with van der Waals surface area (Å²) in [4.78, 5) is 28.0. The Morgan fingerprint density at radius 1 is 1.56 bits per heavy atom. The third-order valence-electron chi connectivity index (χ3n) is 2.83. The van der Waals surface area contributed by atoms with Gasteiger partial charge in [0.05, 0.1) is 11.9 Å². The number of hydrogen-bond donors (Lipinski definition) is 2. The van der Waals surface area contributed by atoms with E-state index in [1.165, 1.54) is 4.90 Å². The van der Waals surface area contributed by atoms with Gasteiger partial charge in [-0.3, -0.25) is 9.78 Å². The molecule has 1 aromatic rings. The second-order valence-electron chi connectivity index (χ2n) is 4.37. The third kappa shape index (κ3) is 2.97. The van der Waals surface area contributed by atoms with Gasteiger partial charge in [-0.15, -0.1) is 0 Å². The highest BCUT2D eigenvalue weighted by Gasteiger charge is 2.34. The largest absolute Gasteiger partial charge is 0.480 e. The molecule has 1 fully saturated rings. The maximum absolute atomic E-state index is 12.0. The number of rotatable bonds is 4. The van der Waals surface area contributed by atoms with E-state index in [-0.39, 0.29) is 18.6 Å². The third-order valence-corrected chi connectivity index (χ3v) is 2.83.